The van der Waals surface area contributed by atoms with E-state index in [1.807, 2.05) is 13.8 Å². The Balaban J connectivity index is 2.62. The smallest absolute Gasteiger partial charge is 0.340 e. The average Bonchev–Trinajstić information content (AvgIpc) is 2.64. The molecule has 6 heteroatoms. The average molecular weight is 235 g/mol. The van der Waals surface area contributed by atoms with Gasteiger partial charge in [-0.2, -0.15) is 5.10 Å². The van der Waals surface area contributed by atoms with Crippen molar-refractivity contribution in [1.29, 1.82) is 0 Å². The van der Waals surface area contributed by atoms with Gasteiger partial charge in [0, 0.05) is 6.07 Å². The van der Waals surface area contributed by atoms with Gasteiger partial charge >= 0.3 is 5.69 Å². The van der Waals surface area contributed by atoms with Crippen molar-refractivity contribution in [3.05, 3.63) is 28.2 Å². The highest BCUT2D eigenvalue weighted by Gasteiger charge is 2.14. The molecule has 0 radical (unpaired) electrons. The first kappa shape index (κ1) is 11.3. The van der Waals surface area contributed by atoms with Gasteiger partial charge in [0.2, 0.25) is 0 Å². The number of benzene rings is 1. The molecule has 0 aliphatic rings. The summed E-state index contributed by atoms with van der Waals surface area (Å²) in [7, 11) is 0. The number of aromatic nitrogens is 3. The van der Waals surface area contributed by atoms with Crippen LogP contribution in [0.5, 0.6) is 11.5 Å². The molecule has 0 bridgehead atoms. The second kappa shape index (κ2) is 3.97. The first-order valence-electron chi connectivity index (χ1n) is 5.20. The van der Waals surface area contributed by atoms with Gasteiger partial charge in [-0.05, 0) is 17.5 Å². The second-order valence-electron chi connectivity index (χ2n) is 4.11. The largest absolute Gasteiger partial charge is 0.508 e. The third kappa shape index (κ3) is 2.01. The SMILES string of the molecule is CC(C)c1cc(-c2n[nH]c(=O)[nH]2)c(O)cc1O. The zero-order valence-corrected chi connectivity index (χ0v) is 9.48. The van der Waals surface area contributed by atoms with Gasteiger partial charge in [-0.25, -0.2) is 9.89 Å². The fourth-order valence-electron chi connectivity index (χ4n) is 1.64. The molecule has 17 heavy (non-hydrogen) atoms. The number of hydrogen-bond acceptors (Lipinski definition) is 4. The first-order chi connectivity index (χ1) is 7.99. The highest BCUT2D eigenvalue weighted by Crippen LogP contribution is 2.35. The summed E-state index contributed by atoms with van der Waals surface area (Å²) >= 11 is 0. The van der Waals surface area contributed by atoms with E-state index in [1.165, 1.54) is 6.07 Å². The van der Waals surface area contributed by atoms with E-state index in [2.05, 4.69) is 15.2 Å². The lowest BCUT2D eigenvalue weighted by Gasteiger charge is -2.11. The van der Waals surface area contributed by atoms with Crippen molar-refractivity contribution in [3.8, 4) is 22.9 Å². The molecule has 0 aliphatic carbocycles. The minimum absolute atomic E-state index is 0.0270. The molecule has 0 amide bonds. The Morgan fingerprint density at radius 1 is 1.24 bits per heavy atom. The van der Waals surface area contributed by atoms with Crippen LogP contribution in [0.25, 0.3) is 11.4 Å². The molecule has 1 aromatic heterocycles. The van der Waals surface area contributed by atoms with Crippen molar-refractivity contribution >= 4 is 0 Å². The Kier molecular flexibility index (Phi) is 2.63. The molecule has 0 aliphatic heterocycles. The summed E-state index contributed by atoms with van der Waals surface area (Å²) < 4.78 is 0. The summed E-state index contributed by atoms with van der Waals surface area (Å²) in [6.45, 7) is 3.84. The molecule has 6 nitrogen and oxygen atoms in total. The van der Waals surface area contributed by atoms with Crippen LogP contribution in [0, 0.1) is 0 Å². The summed E-state index contributed by atoms with van der Waals surface area (Å²) in [4.78, 5) is 13.4. The van der Waals surface area contributed by atoms with Gasteiger partial charge in [0.05, 0.1) is 5.56 Å². The zero-order valence-electron chi connectivity index (χ0n) is 9.48. The number of phenolic OH excluding ortho intramolecular Hbond substituents is 2. The molecule has 0 unspecified atom stereocenters. The number of phenols is 2. The molecule has 1 heterocycles. The summed E-state index contributed by atoms with van der Waals surface area (Å²) in [5, 5.41) is 25.4. The molecule has 2 rings (SSSR count). The number of hydrogen-bond donors (Lipinski definition) is 4. The van der Waals surface area contributed by atoms with Gasteiger partial charge in [-0.1, -0.05) is 13.8 Å². The number of nitrogens with one attached hydrogen (secondary N) is 2. The minimum Gasteiger partial charge on any atom is -0.508 e. The van der Waals surface area contributed by atoms with Gasteiger partial charge in [-0.3, -0.25) is 4.98 Å². The van der Waals surface area contributed by atoms with E-state index in [9.17, 15) is 15.0 Å². The van der Waals surface area contributed by atoms with Crippen LogP contribution < -0.4 is 5.69 Å². The maximum atomic E-state index is 11.0. The molecule has 1 aromatic carbocycles. The Morgan fingerprint density at radius 2 is 1.94 bits per heavy atom. The van der Waals surface area contributed by atoms with Crippen molar-refractivity contribution in [2.45, 2.75) is 19.8 Å². The number of aromatic hydroxyl groups is 2. The van der Waals surface area contributed by atoms with Crippen LogP contribution in [0.2, 0.25) is 0 Å². The van der Waals surface area contributed by atoms with Crippen LogP contribution >= 0.6 is 0 Å². The van der Waals surface area contributed by atoms with Crippen molar-refractivity contribution in [3.63, 3.8) is 0 Å². The third-order valence-electron chi connectivity index (χ3n) is 2.52. The van der Waals surface area contributed by atoms with Crippen LogP contribution in [0.1, 0.15) is 25.3 Å². The van der Waals surface area contributed by atoms with Gasteiger partial charge in [0.25, 0.3) is 0 Å². The van der Waals surface area contributed by atoms with Crippen LogP contribution in [-0.4, -0.2) is 25.4 Å². The van der Waals surface area contributed by atoms with Crippen molar-refractivity contribution in [2.75, 3.05) is 0 Å². The van der Waals surface area contributed by atoms with Crippen molar-refractivity contribution in [2.24, 2.45) is 0 Å². The number of nitrogens with zero attached hydrogens (tertiary/aromatic N) is 1. The fraction of sp³-hybridized carbons (Fsp3) is 0.273. The van der Waals surface area contributed by atoms with E-state index < -0.39 is 5.69 Å². The molecule has 0 atom stereocenters. The standard InChI is InChI=1S/C11H13N3O3/c1-5(2)6-3-7(9(16)4-8(6)15)10-12-11(17)14-13-10/h3-5,15-16H,1-2H3,(H2,12,13,14,17). The molecule has 0 fully saturated rings. The van der Waals surface area contributed by atoms with Gasteiger partial charge < -0.3 is 10.2 Å². The van der Waals surface area contributed by atoms with E-state index in [-0.39, 0.29) is 23.2 Å². The lowest BCUT2D eigenvalue weighted by molar-refractivity contribution is 0.445. The lowest BCUT2D eigenvalue weighted by atomic mass is 9.98. The van der Waals surface area contributed by atoms with Crippen LogP contribution in [0.4, 0.5) is 0 Å². The maximum absolute atomic E-state index is 11.0. The Bertz CT molecular complexity index is 598. The summed E-state index contributed by atoms with van der Waals surface area (Å²) in [5.41, 5.74) is 0.616. The minimum atomic E-state index is -0.446. The lowest BCUT2D eigenvalue weighted by Crippen LogP contribution is -2.00. The van der Waals surface area contributed by atoms with E-state index in [0.717, 1.165) is 0 Å². The predicted molar refractivity (Wildman–Crippen MR) is 62.1 cm³/mol. The zero-order chi connectivity index (χ0) is 12.6. The summed E-state index contributed by atoms with van der Waals surface area (Å²) in [6.07, 6.45) is 0. The van der Waals surface area contributed by atoms with Gasteiger partial charge in [-0.15, -0.1) is 0 Å². The van der Waals surface area contributed by atoms with Crippen LogP contribution in [0.3, 0.4) is 0 Å². The Labute approximate surface area is 97.0 Å². The molecule has 0 saturated heterocycles. The Hall–Kier alpha value is -2.24. The van der Waals surface area contributed by atoms with E-state index in [1.54, 1.807) is 6.07 Å². The number of H-pyrrole nitrogens is 2. The summed E-state index contributed by atoms with van der Waals surface area (Å²) in [5.74, 6) is 0.239. The van der Waals surface area contributed by atoms with Crippen molar-refractivity contribution in [1.82, 2.24) is 15.2 Å². The monoisotopic (exact) mass is 235 g/mol. The highest BCUT2D eigenvalue weighted by atomic mass is 16.3. The molecule has 2 aromatic rings. The molecule has 4 N–H and O–H groups in total. The van der Waals surface area contributed by atoms with Crippen LogP contribution in [-0.2, 0) is 0 Å². The molecule has 90 valence electrons. The van der Waals surface area contributed by atoms with Gasteiger partial charge in [0.1, 0.15) is 11.5 Å². The van der Waals surface area contributed by atoms with E-state index in [4.69, 9.17) is 0 Å². The predicted octanol–water partition coefficient (Wildman–Crippen LogP) is 1.30. The fourth-order valence-corrected chi connectivity index (χ4v) is 1.64. The molecular formula is C11H13N3O3. The normalized spacial score (nSPS) is 11.0. The maximum Gasteiger partial charge on any atom is 0.340 e. The Morgan fingerprint density at radius 3 is 2.47 bits per heavy atom. The molecular weight excluding hydrogens is 222 g/mol. The van der Waals surface area contributed by atoms with Gasteiger partial charge in [0.15, 0.2) is 5.82 Å². The number of aromatic amines is 2. The third-order valence-corrected chi connectivity index (χ3v) is 2.52. The first-order valence-corrected chi connectivity index (χ1v) is 5.20. The van der Waals surface area contributed by atoms with Crippen LogP contribution in [0.15, 0.2) is 16.9 Å². The van der Waals surface area contributed by atoms with Crippen molar-refractivity contribution < 1.29 is 10.2 Å². The van der Waals surface area contributed by atoms with E-state index in [0.29, 0.717) is 11.1 Å². The topological polar surface area (TPSA) is 102 Å². The molecule has 0 spiro atoms. The molecule has 0 saturated carbocycles. The summed E-state index contributed by atoms with van der Waals surface area (Å²) in [6, 6.07) is 2.86. The highest BCUT2D eigenvalue weighted by molar-refractivity contribution is 5.67. The quantitative estimate of drug-likeness (QED) is 0.630. The second-order valence-corrected chi connectivity index (χ2v) is 4.11. The van der Waals surface area contributed by atoms with E-state index >= 15 is 0 Å². The number of rotatable bonds is 2.